The van der Waals surface area contributed by atoms with Gasteiger partial charge in [-0.05, 0) is 18.1 Å². The molecule has 1 amide bonds. The second kappa shape index (κ2) is 8.68. The molecular weight excluding hydrogens is 342 g/mol. The average Bonchev–Trinajstić information content (AvgIpc) is 2.94. The number of aryl methyl sites for hydroxylation is 1. The van der Waals surface area contributed by atoms with E-state index in [1.54, 1.807) is 6.21 Å². The molecule has 0 fully saturated rings. The molecule has 2 aromatic rings. The molecule has 3 N–H and O–H groups in total. The predicted molar refractivity (Wildman–Crippen MR) is 105 cm³/mol. The fourth-order valence-electron chi connectivity index (χ4n) is 2.30. The Morgan fingerprint density at radius 2 is 1.81 bits per heavy atom. The molecule has 2 aromatic carbocycles. The highest BCUT2D eigenvalue weighted by Crippen LogP contribution is 2.17. The minimum absolute atomic E-state index is 0.0252. The third-order valence-electron chi connectivity index (χ3n) is 3.72. The maximum absolute atomic E-state index is 12.0. The van der Waals surface area contributed by atoms with Crippen molar-refractivity contribution in [2.24, 2.45) is 20.7 Å². The first-order valence-corrected chi connectivity index (χ1v) is 8.31. The summed E-state index contributed by atoms with van der Waals surface area (Å²) < 4.78 is 0. The number of aliphatic imine (C=N–C) groups is 3. The van der Waals surface area contributed by atoms with Gasteiger partial charge in [0.2, 0.25) is 0 Å². The van der Waals surface area contributed by atoms with Crippen LogP contribution in [0.3, 0.4) is 0 Å². The van der Waals surface area contributed by atoms with Crippen LogP contribution in [0.1, 0.15) is 16.7 Å². The quantitative estimate of drug-likeness (QED) is 0.342. The highest BCUT2D eigenvalue weighted by molar-refractivity contribution is 6.18. The van der Waals surface area contributed by atoms with Crippen molar-refractivity contribution in [3.8, 4) is 0 Å². The number of rotatable bonds is 7. The Bertz CT molecular complexity index is 929. The van der Waals surface area contributed by atoms with Gasteiger partial charge in [0.1, 0.15) is 12.0 Å². The third kappa shape index (κ3) is 4.96. The van der Waals surface area contributed by atoms with Crippen LogP contribution in [0.4, 0.5) is 0 Å². The van der Waals surface area contributed by atoms with E-state index in [2.05, 4.69) is 20.5 Å². The number of benzene rings is 2. The van der Waals surface area contributed by atoms with Gasteiger partial charge in [0.05, 0.1) is 6.61 Å². The minimum atomic E-state index is -0.520. The van der Waals surface area contributed by atoms with Crippen molar-refractivity contribution >= 4 is 24.3 Å². The molecule has 0 aliphatic carbocycles. The van der Waals surface area contributed by atoms with E-state index in [1.165, 1.54) is 6.34 Å². The molecule has 1 aliphatic heterocycles. The van der Waals surface area contributed by atoms with Crippen molar-refractivity contribution in [1.82, 2.24) is 5.48 Å². The molecule has 1 aliphatic rings. The number of hydrogen-bond acceptors (Lipinski definition) is 5. The van der Waals surface area contributed by atoms with E-state index < -0.39 is 5.91 Å². The molecule has 1 heterocycles. The number of carbonyl (C=O) groups is 1. The molecule has 0 unspecified atom stereocenters. The molecule has 0 aromatic heterocycles. The molecule has 0 spiro atoms. The smallest absolute Gasteiger partial charge is 0.299 e. The van der Waals surface area contributed by atoms with Gasteiger partial charge in [0, 0.05) is 6.21 Å². The van der Waals surface area contributed by atoms with Gasteiger partial charge in [0.25, 0.3) is 5.91 Å². The summed E-state index contributed by atoms with van der Waals surface area (Å²) >= 11 is 0. The van der Waals surface area contributed by atoms with Gasteiger partial charge in [0.15, 0.2) is 11.5 Å². The van der Waals surface area contributed by atoms with E-state index in [4.69, 9.17) is 10.6 Å². The van der Waals surface area contributed by atoms with Crippen LogP contribution >= 0.6 is 0 Å². The normalized spacial score (nSPS) is 14.4. The molecule has 0 saturated carbocycles. The second-order valence-electron chi connectivity index (χ2n) is 5.82. The number of nitrogens with two attached hydrogens (primary N) is 1. The summed E-state index contributed by atoms with van der Waals surface area (Å²) in [6.07, 6.45) is 2.89. The Labute approximate surface area is 157 Å². The second-order valence-corrected chi connectivity index (χ2v) is 5.82. The third-order valence-corrected chi connectivity index (χ3v) is 3.72. The van der Waals surface area contributed by atoms with E-state index in [1.807, 2.05) is 61.5 Å². The zero-order valence-electron chi connectivity index (χ0n) is 14.8. The highest BCUT2D eigenvalue weighted by Gasteiger charge is 2.24. The van der Waals surface area contributed by atoms with E-state index in [0.29, 0.717) is 6.61 Å². The van der Waals surface area contributed by atoms with Gasteiger partial charge in [-0.3, -0.25) is 15.1 Å². The first-order chi connectivity index (χ1) is 13.1. The monoisotopic (exact) mass is 361 g/mol. The van der Waals surface area contributed by atoms with Gasteiger partial charge in [-0.2, -0.15) is 4.99 Å². The topological polar surface area (TPSA) is 101 Å². The lowest BCUT2D eigenvalue weighted by atomic mass is 10.2. The van der Waals surface area contributed by atoms with Gasteiger partial charge < -0.3 is 5.73 Å². The molecule has 7 nitrogen and oxygen atoms in total. The van der Waals surface area contributed by atoms with Crippen LogP contribution in [0.15, 0.2) is 81.0 Å². The van der Waals surface area contributed by atoms with Crippen LogP contribution in [0.5, 0.6) is 0 Å². The zero-order chi connectivity index (χ0) is 19.1. The number of nitrogens with zero attached hydrogens (tertiary/aromatic N) is 3. The Kier molecular flexibility index (Phi) is 5.86. The van der Waals surface area contributed by atoms with Gasteiger partial charge in [-0.15, -0.1) is 0 Å². The summed E-state index contributed by atoms with van der Waals surface area (Å²) in [6.45, 7) is 2.37. The molecule has 27 heavy (non-hydrogen) atoms. The van der Waals surface area contributed by atoms with Gasteiger partial charge in [-0.1, -0.05) is 60.2 Å². The molecule has 0 saturated heterocycles. The summed E-state index contributed by atoms with van der Waals surface area (Å²) in [5.41, 5.74) is 11.7. The van der Waals surface area contributed by atoms with E-state index in [0.717, 1.165) is 16.7 Å². The minimum Gasteiger partial charge on any atom is -0.382 e. The Hall–Kier alpha value is -3.58. The summed E-state index contributed by atoms with van der Waals surface area (Å²) in [4.78, 5) is 29.3. The number of amides is 1. The van der Waals surface area contributed by atoms with E-state index in [-0.39, 0.29) is 17.2 Å². The maximum atomic E-state index is 12.0. The predicted octanol–water partition coefficient (Wildman–Crippen LogP) is 2.27. The van der Waals surface area contributed by atoms with Crippen molar-refractivity contribution < 1.29 is 9.63 Å². The lowest BCUT2D eigenvalue weighted by Crippen LogP contribution is -2.15. The van der Waals surface area contributed by atoms with Crippen molar-refractivity contribution in [3.05, 3.63) is 82.7 Å². The van der Waals surface area contributed by atoms with Gasteiger partial charge in [-0.25, -0.2) is 9.98 Å². The van der Waals surface area contributed by atoms with Crippen molar-refractivity contribution in [1.29, 1.82) is 0 Å². The first-order valence-electron chi connectivity index (χ1n) is 8.31. The number of hydrogen-bond donors (Lipinski definition) is 2. The van der Waals surface area contributed by atoms with Gasteiger partial charge >= 0.3 is 0 Å². The summed E-state index contributed by atoms with van der Waals surface area (Å²) in [5.74, 6) is -0.495. The van der Waals surface area contributed by atoms with E-state index >= 15 is 0 Å². The molecule has 0 radical (unpaired) electrons. The van der Waals surface area contributed by atoms with Crippen molar-refractivity contribution in [2.45, 2.75) is 13.5 Å². The fraction of sp³-hybridized carbons (Fsp3) is 0.100. The highest BCUT2D eigenvalue weighted by atomic mass is 16.6. The lowest BCUT2D eigenvalue weighted by molar-refractivity contribution is -0.114. The standard InChI is InChI=1S/C20H19N5O2/c1-14-7-9-15(10-8-14)11-22-18-17(19(21)25-20(18)26)23-13-24-27-12-16-5-3-2-4-6-16/h2-11,13H,12H2,1H3,(H3,21,23,24,25,26). The Morgan fingerprint density at radius 1 is 1.07 bits per heavy atom. The largest absolute Gasteiger partial charge is 0.382 e. The molecule has 7 heteroatoms. The molecular formula is C20H19N5O2. The molecule has 0 bridgehead atoms. The number of carbonyl (C=O) groups excluding carboxylic acids is 1. The number of amidine groups is 1. The van der Waals surface area contributed by atoms with E-state index in [9.17, 15) is 4.79 Å². The van der Waals surface area contributed by atoms with Crippen LogP contribution in [0, 0.1) is 6.92 Å². The Morgan fingerprint density at radius 3 is 2.56 bits per heavy atom. The summed E-state index contributed by atoms with van der Waals surface area (Å²) in [6, 6.07) is 17.4. The molecule has 136 valence electrons. The molecule has 0 atom stereocenters. The van der Waals surface area contributed by atoms with Crippen LogP contribution in [-0.2, 0) is 16.2 Å². The maximum Gasteiger partial charge on any atom is 0.299 e. The van der Waals surface area contributed by atoms with Crippen LogP contribution in [0.2, 0.25) is 0 Å². The Balaban J connectivity index is 1.65. The summed E-state index contributed by atoms with van der Waals surface area (Å²) in [7, 11) is 0. The van der Waals surface area contributed by atoms with Crippen LogP contribution < -0.4 is 11.2 Å². The fourth-order valence-corrected chi connectivity index (χ4v) is 2.30. The molecule has 3 rings (SSSR count). The lowest BCUT2D eigenvalue weighted by Gasteiger charge is -2.02. The summed E-state index contributed by atoms with van der Waals surface area (Å²) in [5, 5.41) is 0. The zero-order valence-corrected chi connectivity index (χ0v) is 14.8. The van der Waals surface area contributed by atoms with Crippen LogP contribution in [-0.4, -0.2) is 24.3 Å². The average molecular weight is 361 g/mol. The van der Waals surface area contributed by atoms with Crippen LogP contribution in [0.25, 0.3) is 0 Å². The van der Waals surface area contributed by atoms with Crippen molar-refractivity contribution in [3.63, 3.8) is 0 Å². The number of hydroxylamine groups is 1. The number of nitrogens with one attached hydrogen (secondary N) is 1. The first kappa shape index (κ1) is 18.2. The SMILES string of the molecule is Cc1ccc(C=NC2=C(N=CNOCc3ccccc3)C(N)=NC2=O)cc1. The van der Waals surface area contributed by atoms with Crippen molar-refractivity contribution in [2.75, 3.05) is 0 Å².